The highest BCUT2D eigenvalue weighted by atomic mass is 15.1. The molecule has 0 bridgehead atoms. The number of para-hydroxylation sites is 2. The first kappa shape index (κ1) is 37.2. The number of benzene rings is 9. The third kappa shape index (κ3) is 4.78. The highest BCUT2D eigenvalue weighted by molar-refractivity contribution is 6.34. The van der Waals surface area contributed by atoms with Crippen molar-refractivity contribution in [3.63, 3.8) is 0 Å². The van der Waals surface area contributed by atoms with Crippen LogP contribution in [-0.4, -0.2) is 23.3 Å². The van der Waals surface area contributed by atoms with Gasteiger partial charge in [0.05, 0.1) is 33.1 Å². The van der Waals surface area contributed by atoms with Gasteiger partial charge in [0.25, 0.3) is 0 Å². The van der Waals surface area contributed by atoms with Gasteiger partial charge in [0.15, 0.2) is 11.3 Å². The minimum Gasteiger partial charge on any atom is -0.309 e. The molecule has 0 radical (unpaired) electrons. The van der Waals surface area contributed by atoms with Crippen molar-refractivity contribution < 1.29 is 0 Å². The molecule has 6 aromatic heterocycles. The summed E-state index contributed by atoms with van der Waals surface area (Å²) >= 11 is 0. The lowest BCUT2D eigenvalue weighted by Crippen LogP contribution is -2.11. The van der Waals surface area contributed by atoms with E-state index in [1.807, 2.05) is 0 Å². The van der Waals surface area contributed by atoms with Gasteiger partial charge in [-0.15, -0.1) is 0 Å². The summed E-state index contributed by atoms with van der Waals surface area (Å²) in [6.07, 6.45) is 0. The molecule has 67 heavy (non-hydrogen) atoms. The van der Waals surface area contributed by atoms with Crippen molar-refractivity contribution in [1.82, 2.24) is 23.3 Å². The van der Waals surface area contributed by atoms with Gasteiger partial charge in [0.1, 0.15) is 11.0 Å². The van der Waals surface area contributed by atoms with E-state index in [0.717, 1.165) is 38.8 Å². The Kier molecular flexibility index (Phi) is 6.92. The number of hydrogen-bond donors (Lipinski definition) is 0. The van der Waals surface area contributed by atoms with Gasteiger partial charge >= 0.3 is 0 Å². The third-order valence-corrected chi connectivity index (χ3v) is 15.1. The summed E-state index contributed by atoms with van der Waals surface area (Å²) in [5.41, 5.74) is 16.8. The first-order valence-corrected chi connectivity index (χ1v) is 23.6. The summed E-state index contributed by atoms with van der Waals surface area (Å²) in [6.45, 7) is 13.9. The maximum Gasteiger partial charge on any atom is 0.165 e. The standard InChI is InChI=1S/C62H45N5/c1-61(2,3)37-25-27-51-47(31-37)52-40-20-12-10-17-35(40)30-48-54-59(66(51)58(48)52)64-55-53-41-21-13-11-16-34(41)29-45-46-33-38(62(4,5)6)32-43(56(46)67(57(45)53)60(55)63-54)36-24-26-50-44(28-36)42-22-14-15-23-49(42)65(50)39-18-8-7-9-19-39/h7-33H,1-6H3. The molecular weight excluding hydrogens is 815 g/mol. The average molecular weight is 860 g/mol. The Morgan fingerprint density at radius 1 is 0.373 bits per heavy atom. The minimum absolute atomic E-state index is 0.00790. The van der Waals surface area contributed by atoms with Gasteiger partial charge < -0.3 is 4.57 Å². The molecule has 0 spiro atoms. The van der Waals surface area contributed by atoms with E-state index in [1.165, 1.54) is 109 Å². The molecular formula is C62H45N5. The molecule has 0 atom stereocenters. The van der Waals surface area contributed by atoms with Crippen LogP contribution in [0.1, 0.15) is 52.7 Å². The smallest absolute Gasteiger partial charge is 0.165 e. The third-order valence-electron chi connectivity index (χ3n) is 15.1. The molecule has 0 saturated heterocycles. The number of nitrogens with zero attached hydrogens (tertiary/aromatic N) is 5. The van der Waals surface area contributed by atoms with E-state index in [4.69, 9.17) is 9.97 Å². The lowest BCUT2D eigenvalue weighted by Gasteiger charge is -2.21. The van der Waals surface area contributed by atoms with E-state index in [9.17, 15) is 0 Å². The second kappa shape index (κ2) is 12.4. The normalized spacial score (nSPS) is 13.2. The highest BCUT2D eigenvalue weighted by Crippen LogP contribution is 2.49. The van der Waals surface area contributed by atoms with Gasteiger partial charge in [0.2, 0.25) is 0 Å². The average Bonchev–Trinajstić information content (AvgIpc) is 4.12. The minimum atomic E-state index is -0.0987. The predicted molar refractivity (Wildman–Crippen MR) is 284 cm³/mol. The molecule has 0 unspecified atom stereocenters. The largest absolute Gasteiger partial charge is 0.309 e. The zero-order valence-corrected chi connectivity index (χ0v) is 38.3. The molecule has 15 aromatic rings. The molecule has 15 rings (SSSR count). The molecule has 0 fully saturated rings. The number of aromatic nitrogens is 5. The SMILES string of the molecule is CC(C)(C)c1ccc2c(c1)c1c3ccccc3cc3c4nc5c(nc4n2c31)c1c2ccccc2cc2c3cc(C(C)(C)C)cc(-c4ccc6c(c4)c4ccccc4n6-c4ccccc4)c3n5c21. The van der Waals surface area contributed by atoms with Crippen LogP contribution >= 0.6 is 0 Å². The van der Waals surface area contributed by atoms with E-state index < -0.39 is 0 Å². The van der Waals surface area contributed by atoms with E-state index in [2.05, 4.69) is 219 Å². The van der Waals surface area contributed by atoms with E-state index in [-0.39, 0.29) is 10.8 Å². The Labute approximate surface area is 385 Å². The van der Waals surface area contributed by atoms with Crippen molar-refractivity contribution >= 4 is 120 Å². The monoisotopic (exact) mass is 859 g/mol. The fourth-order valence-electron chi connectivity index (χ4n) is 11.9. The molecule has 5 nitrogen and oxygen atoms in total. The molecule has 0 aliphatic carbocycles. The van der Waals surface area contributed by atoms with Crippen molar-refractivity contribution in [3.05, 3.63) is 175 Å². The van der Waals surface area contributed by atoms with Crippen molar-refractivity contribution in [3.8, 4) is 16.8 Å². The number of rotatable bonds is 2. The first-order valence-electron chi connectivity index (χ1n) is 23.6. The maximum atomic E-state index is 5.90. The van der Waals surface area contributed by atoms with Gasteiger partial charge in [-0.25, -0.2) is 9.97 Å². The molecule has 0 N–H and O–H groups in total. The quantitative estimate of drug-likeness (QED) is 0.174. The lowest BCUT2D eigenvalue weighted by atomic mass is 9.84. The van der Waals surface area contributed by atoms with E-state index in [1.54, 1.807) is 0 Å². The van der Waals surface area contributed by atoms with Crippen LogP contribution in [0.2, 0.25) is 0 Å². The molecule has 0 aliphatic rings. The molecule has 6 heterocycles. The maximum absolute atomic E-state index is 5.90. The Balaban J connectivity index is 1.13. The fourth-order valence-corrected chi connectivity index (χ4v) is 11.9. The summed E-state index contributed by atoms with van der Waals surface area (Å²) in [7, 11) is 0. The van der Waals surface area contributed by atoms with Crippen molar-refractivity contribution in [1.29, 1.82) is 0 Å². The van der Waals surface area contributed by atoms with Crippen molar-refractivity contribution in [2.24, 2.45) is 0 Å². The summed E-state index contributed by atoms with van der Waals surface area (Å²) in [6, 6.07) is 61.1. The Bertz CT molecular complexity index is 4620. The molecule has 0 saturated carbocycles. The number of hydrogen-bond acceptors (Lipinski definition) is 2. The summed E-state index contributed by atoms with van der Waals surface area (Å²) in [5, 5.41) is 14.6. The van der Waals surface area contributed by atoms with Crippen LogP contribution in [0.5, 0.6) is 0 Å². The van der Waals surface area contributed by atoms with Crippen molar-refractivity contribution in [2.75, 3.05) is 0 Å². The molecule has 5 heteroatoms. The van der Waals surface area contributed by atoms with Crippen LogP contribution < -0.4 is 0 Å². The summed E-state index contributed by atoms with van der Waals surface area (Å²) < 4.78 is 7.29. The van der Waals surface area contributed by atoms with Crippen LogP contribution in [0, 0.1) is 0 Å². The lowest BCUT2D eigenvalue weighted by molar-refractivity contribution is 0.591. The van der Waals surface area contributed by atoms with Crippen LogP contribution in [0.15, 0.2) is 164 Å². The molecule has 0 aliphatic heterocycles. The van der Waals surface area contributed by atoms with Crippen molar-refractivity contribution in [2.45, 2.75) is 52.4 Å². The Morgan fingerprint density at radius 2 is 0.955 bits per heavy atom. The zero-order chi connectivity index (χ0) is 44.8. The molecule has 318 valence electrons. The van der Waals surface area contributed by atoms with Gasteiger partial charge in [-0.05, 0) is 116 Å². The van der Waals surface area contributed by atoms with Gasteiger partial charge in [-0.1, -0.05) is 139 Å². The van der Waals surface area contributed by atoms with Crippen LogP contribution in [-0.2, 0) is 10.8 Å². The van der Waals surface area contributed by atoms with Crippen LogP contribution in [0.3, 0.4) is 0 Å². The van der Waals surface area contributed by atoms with Gasteiger partial charge in [-0.2, -0.15) is 0 Å². The summed E-state index contributed by atoms with van der Waals surface area (Å²) in [5.74, 6) is 0. The van der Waals surface area contributed by atoms with Gasteiger partial charge in [-0.3, -0.25) is 8.80 Å². The Hall–Kier alpha value is -8.02. The fraction of sp³-hybridized carbons (Fsp3) is 0.129. The van der Waals surface area contributed by atoms with Crippen LogP contribution in [0.25, 0.3) is 137 Å². The predicted octanol–water partition coefficient (Wildman–Crippen LogP) is 16.4. The van der Waals surface area contributed by atoms with Crippen LogP contribution in [0.4, 0.5) is 0 Å². The Morgan fingerprint density at radius 3 is 1.72 bits per heavy atom. The number of fused-ring (bicyclic) bond motifs is 19. The summed E-state index contributed by atoms with van der Waals surface area (Å²) in [4.78, 5) is 11.8. The van der Waals surface area contributed by atoms with E-state index in [0.29, 0.717) is 0 Å². The molecule has 0 amide bonds. The highest BCUT2D eigenvalue weighted by Gasteiger charge is 2.30. The second-order valence-electron chi connectivity index (χ2n) is 21.0. The van der Waals surface area contributed by atoms with E-state index >= 15 is 0 Å². The second-order valence-corrected chi connectivity index (χ2v) is 21.0. The van der Waals surface area contributed by atoms with Gasteiger partial charge in [0, 0.05) is 54.3 Å². The topological polar surface area (TPSA) is 39.5 Å². The first-order chi connectivity index (χ1) is 32.5. The zero-order valence-electron chi connectivity index (χ0n) is 38.3. The molecule has 9 aromatic carbocycles.